The fraction of sp³-hybridized carbons (Fsp3) is 0.0843. The van der Waals surface area contributed by atoms with Crippen LogP contribution in [-0.2, 0) is 12.8 Å². The number of fused-ring (bicyclic) bond motifs is 4. The lowest BCUT2D eigenvalue weighted by Crippen LogP contribution is -2.29. The van der Waals surface area contributed by atoms with Gasteiger partial charge in [0.25, 0.3) is 47.3 Å². The van der Waals surface area contributed by atoms with E-state index in [0.29, 0.717) is 44.6 Å². The van der Waals surface area contributed by atoms with Crippen LogP contribution in [0.2, 0.25) is 0 Å². The van der Waals surface area contributed by atoms with E-state index in [1.807, 2.05) is 38.1 Å². The van der Waals surface area contributed by atoms with Gasteiger partial charge in [0, 0.05) is 54.9 Å². The number of rotatable bonds is 18. The maximum absolute atomic E-state index is 13.7. The summed E-state index contributed by atoms with van der Waals surface area (Å²) in [5.74, 6) is -14.1. The summed E-state index contributed by atoms with van der Waals surface area (Å²) in [5, 5.41) is 43.8. The largest absolute Gasteiger partial charge is 0.478 e. The number of nitrogens with zero attached hydrogens (tertiary/aromatic N) is 3. The smallest absolute Gasteiger partial charge is 0.336 e. The molecular weight excluding hydrogens is 1390 g/mol. The number of nitrogens with one attached hydrogen (secondary N) is 2. The average molecular weight is 1440 g/mol. The fourth-order valence-electron chi connectivity index (χ4n) is 13.3. The SMILES string of the molecule is CNC(=O)c1cc(C(=O)O)c(C(=O)Cc2ccc(NC(=O)c3cc(-c4ccc(C(=O)O)c(C(=O)Cc5ccc(C)cc5)c4)ccc3C(=O)O)cc2)cc1C(=O)O.Cc1ccc(N2C(=O)c3ccc(-c4ccc5c(c4)C(=O)N(c4ccc(C6C(=O)c7cc8c(cc7C6=O)C(=O)N(C)C8=O)cc4)C5=O)cc3C2=O)cc1. The summed E-state index contributed by atoms with van der Waals surface area (Å²) in [6, 6.07) is 47.9. The molecule has 0 spiro atoms. The van der Waals surface area contributed by atoms with E-state index in [9.17, 15) is 97.1 Å². The Labute approximate surface area is 610 Å². The molecule has 3 aliphatic heterocycles. The van der Waals surface area contributed by atoms with Crippen LogP contribution in [-0.4, -0.2) is 134 Å². The third kappa shape index (κ3) is 12.9. The van der Waals surface area contributed by atoms with Crippen molar-refractivity contribution in [2.75, 3.05) is 29.2 Å². The number of aromatic carboxylic acids is 4. The maximum atomic E-state index is 13.7. The fourth-order valence-corrected chi connectivity index (χ4v) is 13.3. The minimum Gasteiger partial charge on any atom is -0.478 e. The highest BCUT2D eigenvalue weighted by Gasteiger charge is 2.45. The molecule has 25 heteroatoms. The third-order valence-electron chi connectivity index (χ3n) is 19.0. The van der Waals surface area contributed by atoms with Crippen LogP contribution in [0.15, 0.2) is 194 Å². The van der Waals surface area contributed by atoms with Gasteiger partial charge in [-0.2, -0.15) is 0 Å². The van der Waals surface area contributed by atoms with Crippen LogP contribution in [0.4, 0.5) is 17.1 Å². The van der Waals surface area contributed by atoms with Crippen LogP contribution in [0.3, 0.4) is 0 Å². The van der Waals surface area contributed by atoms with Crippen molar-refractivity contribution in [2.45, 2.75) is 32.6 Å². The molecule has 25 nitrogen and oxygen atoms in total. The Bertz CT molecular complexity index is 5720. The molecule has 532 valence electrons. The number of imide groups is 3. The molecule has 0 bridgehead atoms. The van der Waals surface area contributed by atoms with Crippen molar-refractivity contribution >= 4 is 111 Å². The Hall–Kier alpha value is -14.9. The molecule has 0 atom stereocenters. The molecule has 108 heavy (non-hydrogen) atoms. The molecule has 3 heterocycles. The lowest BCUT2D eigenvalue weighted by molar-refractivity contribution is 0.0676. The number of carboxylic acid groups (broad SMARTS) is 4. The van der Waals surface area contributed by atoms with Gasteiger partial charge in [0.15, 0.2) is 23.1 Å². The number of carbonyl (C=O) groups excluding carboxylic acids is 12. The molecule has 10 aromatic rings. The van der Waals surface area contributed by atoms with Gasteiger partial charge in [-0.25, -0.2) is 29.0 Å². The lowest BCUT2D eigenvalue weighted by atomic mass is 9.92. The van der Waals surface area contributed by atoms with Gasteiger partial charge in [0.1, 0.15) is 5.92 Å². The van der Waals surface area contributed by atoms with E-state index in [-0.39, 0.29) is 91.0 Å². The van der Waals surface area contributed by atoms with Gasteiger partial charge in [-0.1, -0.05) is 96.1 Å². The first-order chi connectivity index (χ1) is 51.5. The van der Waals surface area contributed by atoms with E-state index in [0.717, 1.165) is 38.0 Å². The summed E-state index contributed by atoms with van der Waals surface area (Å²) in [6.07, 6.45) is -0.446. The molecule has 0 saturated carbocycles. The van der Waals surface area contributed by atoms with Gasteiger partial charge in [0.05, 0.1) is 78.1 Å². The quantitative estimate of drug-likeness (QED) is 0.0264. The predicted molar refractivity (Wildman–Crippen MR) is 387 cm³/mol. The molecule has 0 unspecified atom stereocenters. The molecule has 10 aromatic carbocycles. The highest BCUT2D eigenvalue weighted by Crippen LogP contribution is 2.41. The van der Waals surface area contributed by atoms with Crippen molar-refractivity contribution in [3.63, 3.8) is 0 Å². The van der Waals surface area contributed by atoms with Crippen molar-refractivity contribution in [1.29, 1.82) is 0 Å². The minimum atomic E-state index is -1.55. The Kier molecular flexibility index (Phi) is 18.6. The number of ketones is 4. The first kappa shape index (κ1) is 71.5. The normalized spacial score (nSPS) is 13.4. The van der Waals surface area contributed by atoms with Gasteiger partial charge in [-0.15, -0.1) is 0 Å². The number of hydrogen-bond acceptors (Lipinski definition) is 16. The highest BCUT2D eigenvalue weighted by atomic mass is 16.4. The van der Waals surface area contributed by atoms with Crippen LogP contribution >= 0.6 is 0 Å². The van der Waals surface area contributed by atoms with Crippen molar-refractivity contribution < 1.29 is 97.1 Å². The van der Waals surface area contributed by atoms with Gasteiger partial charge >= 0.3 is 23.9 Å². The zero-order valence-electron chi connectivity index (χ0n) is 57.1. The monoisotopic (exact) mass is 1440 g/mol. The summed E-state index contributed by atoms with van der Waals surface area (Å²) in [6.45, 7) is 3.80. The van der Waals surface area contributed by atoms with Gasteiger partial charge in [-0.3, -0.25) is 62.4 Å². The summed E-state index contributed by atoms with van der Waals surface area (Å²) in [4.78, 5) is 209. The number of anilines is 3. The van der Waals surface area contributed by atoms with Crippen molar-refractivity contribution in [1.82, 2.24) is 10.2 Å². The lowest BCUT2D eigenvalue weighted by Gasteiger charge is -2.15. The Morgan fingerprint density at radius 2 is 0.694 bits per heavy atom. The average Bonchev–Trinajstić information content (AvgIpc) is 1.57. The van der Waals surface area contributed by atoms with Crippen molar-refractivity contribution in [2.24, 2.45) is 0 Å². The molecule has 6 N–H and O–H groups in total. The van der Waals surface area contributed by atoms with Crippen LogP contribution in [0.25, 0.3) is 22.3 Å². The molecule has 0 saturated heterocycles. The molecule has 14 rings (SSSR count). The molecule has 0 aromatic heterocycles. The van der Waals surface area contributed by atoms with Gasteiger partial charge < -0.3 is 31.1 Å². The summed E-state index contributed by atoms with van der Waals surface area (Å²) in [7, 11) is 2.57. The van der Waals surface area contributed by atoms with E-state index < -0.39 is 122 Å². The summed E-state index contributed by atoms with van der Waals surface area (Å²) in [5.41, 5.74) is 4.25. The van der Waals surface area contributed by atoms with Crippen molar-refractivity contribution in [3.8, 4) is 22.3 Å². The molecule has 0 radical (unpaired) electrons. The van der Waals surface area contributed by atoms with E-state index in [2.05, 4.69) is 10.6 Å². The Morgan fingerprint density at radius 3 is 1.15 bits per heavy atom. The molecule has 8 amide bonds. The topological polar surface area (TPSA) is 388 Å². The zero-order valence-corrected chi connectivity index (χ0v) is 57.1. The van der Waals surface area contributed by atoms with E-state index in [4.69, 9.17) is 0 Å². The van der Waals surface area contributed by atoms with Crippen LogP contribution in [0.5, 0.6) is 0 Å². The maximum Gasteiger partial charge on any atom is 0.336 e. The summed E-state index contributed by atoms with van der Waals surface area (Å²) >= 11 is 0. The van der Waals surface area contributed by atoms with E-state index in [1.54, 1.807) is 54.6 Å². The van der Waals surface area contributed by atoms with Crippen LogP contribution < -0.4 is 20.4 Å². The number of benzene rings is 10. The Morgan fingerprint density at radius 1 is 0.343 bits per heavy atom. The molecular formula is C83H55N5O20. The second-order valence-electron chi connectivity index (χ2n) is 25.7. The number of Topliss-reactive ketones (excluding diaryl/α,β-unsaturated/α-hetero) is 4. The number of hydrogen-bond donors (Lipinski definition) is 6. The second kappa shape index (κ2) is 28.1. The summed E-state index contributed by atoms with van der Waals surface area (Å²) < 4.78 is 0. The number of carboxylic acids is 4. The predicted octanol–water partition coefficient (Wildman–Crippen LogP) is 11.6. The van der Waals surface area contributed by atoms with E-state index in [1.165, 1.54) is 117 Å². The van der Waals surface area contributed by atoms with E-state index >= 15 is 0 Å². The standard InChI is InChI=1S/C42H32N2O12.C41H23N3O8/c1-21-3-5-22(6-4-21)15-35(45)29-17-24(9-13-27(29)39(49)50)25-10-14-28(40(51)52)31(18-25)38(48)44-26-11-7-23(8-12-26)16-36(46)30-19-34(42(55)56)32(37(47)43-2)20-33(30)41(53)54;1-19-3-9-23(10-4-19)43-38(49)25-13-7-21(15-29(25)40(43)51)22-8-14-26-30(16-22)41(52)44(39(26)50)24-11-5-20(6-12-24)33-34(45)27-17-31-32(18-28(27)35(33)46)37(48)42(2)36(31)47/h3-14,17-20H,15-16H2,1-2H3,(H,43,47)(H,44,48)(H,49,50)(H,51,52)(H,53,54)(H,55,56);3-18,33H,1-2H3. The highest BCUT2D eigenvalue weighted by molar-refractivity contribution is 6.36. The zero-order chi connectivity index (χ0) is 77.2. The molecule has 0 fully saturated rings. The number of carbonyl (C=O) groups is 16. The van der Waals surface area contributed by atoms with Crippen LogP contribution in [0, 0.1) is 13.8 Å². The Balaban J connectivity index is 0.000000191. The van der Waals surface area contributed by atoms with Gasteiger partial charge in [0.2, 0.25) is 0 Å². The number of amides is 8. The molecule has 1 aliphatic carbocycles. The minimum absolute atomic E-state index is 0.0633. The van der Waals surface area contributed by atoms with Crippen molar-refractivity contribution in [3.05, 3.63) is 311 Å². The van der Waals surface area contributed by atoms with Gasteiger partial charge in [-0.05, 0) is 162 Å². The van der Waals surface area contributed by atoms with Crippen LogP contribution in [0.1, 0.15) is 199 Å². The number of aryl methyl sites for hydroxylation is 2. The third-order valence-corrected chi connectivity index (χ3v) is 19.0. The first-order valence-electron chi connectivity index (χ1n) is 33.0. The molecule has 4 aliphatic rings. The second-order valence-corrected chi connectivity index (χ2v) is 25.7. The first-order valence-corrected chi connectivity index (χ1v) is 33.0.